The first-order chi connectivity index (χ1) is 14.1. The Balaban J connectivity index is 1.61. The van der Waals surface area contributed by atoms with Gasteiger partial charge in [0.05, 0.1) is 7.11 Å². The lowest BCUT2D eigenvalue weighted by Gasteiger charge is -2.36. The molecule has 1 aliphatic rings. The lowest BCUT2D eigenvalue weighted by Crippen LogP contribution is -2.47. The van der Waals surface area contributed by atoms with Crippen LogP contribution < -0.4 is 19.9 Å². The molecule has 1 aromatic carbocycles. The van der Waals surface area contributed by atoms with Crippen LogP contribution >= 0.6 is 0 Å². The second kappa shape index (κ2) is 10.1. The smallest absolute Gasteiger partial charge is 0.270 e. The number of aryl methyl sites for hydroxylation is 1. The Kier molecular flexibility index (Phi) is 7.27. The molecule has 1 amide bonds. The molecule has 1 saturated heterocycles. The van der Waals surface area contributed by atoms with Gasteiger partial charge in [0.15, 0.2) is 0 Å². The lowest BCUT2D eigenvalue weighted by atomic mass is 10.2. The van der Waals surface area contributed by atoms with Gasteiger partial charge in [0, 0.05) is 44.1 Å². The van der Waals surface area contributed by atoms with Crippen molar-refractivity contribution in [2.75, 3.05) is 49.6 Å². The molecule has 0 atom stereocenters. The SMILES string of the molecule is CCCCCNC(=O)c1cc(C)nc(N2CCN(c3ccc(OC)cc3)CC2)n1. The molecule has 156 valence electrons. The fraction of sp³-hybridized carbons (Fsp3) is 0.500. The number of benzene rings is 1. The molecule has 1 N–H and O–H groups in total. The molecule has 3 rings (SSSR count). The molecule has 0 bridgehead atoms. The van der Waals surface area contributed by atoms with Crippen molar-refractivity contribution >= 4 is 17.5 Å². The van der Waals surface area contributed by atoms with Crippen molar-refractivity contribution in [2.45, 2.75) is 33.1 Å². The highest BCUT2D eigenvalue weighted by Gasteiger charge is 2.21. The molecular formula is C22H31N5O2. The third-order valence-corrected chi connectivity index (χ3v) is 5.14. The first-order valence-corrected chi connectivity index (χ1v) is 10.4. The zero-order chi connectivity index (χ0) is 20.6. The number of hydrogen-bond donors (Lipinski definition) is 1. The second-order valence-corrected chi connectivity index (χ2v) is 7.33. The van der Waals surface area contributed by atoms with Crippen LogP contribution in [0.2, 0.25) is 0 Å². The predicted octanol–water partition coefficient (Wildman–Crippen LogP) is 3.04. The molecule has 0 spiro atoms. The van der Waals surface area contributed by atoms with E-state index < -0.39 is 0 Å². The average molecular weight is 398 g/mol. The Morgan fingerprint density at radius 2 is 1.76 bits per heavy atom. The van der Waals surface area contributed by atoms with Gasteiger partial charge in [-0.15, -0.1) is 0 Å². The first-order valence-electron chi connectivity index (χ1n) is 10.4. The fourth-order valence-corrected chi connectivity index (χ4v) is 3.44. The van der Waals surface area contributed by atoms with E-state index in [9.17, 15) is 4.79 Å². The summed E-state index contributed by atoms with van der Waals surface area (Å²) in [6.07, 6.45) is 3.24. The van der Waals surface area contributed by atoms with Crippen molar-refractivity contribution in [3.05, 3.63) is 41.7 Å². The molecule has 2 aromatic rings. The number of nitrogens with zero attached hydrogens (tertiary/aromatic N) is 4. The topological polar surface area (TPSA) is 70.6 Å². The van der Waals surface area contributed by atoms with Crippen LogP contribution in [0.1, 0.15) is 42.4 Å². The van der Waals surface area contributed by atoms with Crippen molar-refractivity contribution in [1.82, 2.24) is 15.3 Å². The fourth-order valence-electron chi connectivity index (χ4n) is 3.44. The maximum absolute atomic E-state index is 12.4. The van der Waals surface area contributed by atoms with Crippen LogP contribution in [-0.4, -0.2) is 55.7 Å². The number of anilines is 2. The number of carbonyl (C=O) groups is 1. The number of rotatable bonds is 8. The summed E-state index contributed by atoms with van der Waals surface area (Å²) in [6, 6.07) is 9.89. The molecule has 7 nitrogen and oxygen atoms in total. The Labute approximate surface area is 173 Å². The number of methoxy groups -OCH3 is 1. The number of nitrogens with one attached hydrogen (secondary N) is 1. The summed E-state index contributed by atoms with van der Waals surface area (Å²) in [5.41, 5.74) is 2.44. The molecule has 1 fully saturated rings. The summed E-state index contributed by atoms with van der Waals surface area (Å²) < 4.78 is 5.23. The lowest BCUT2D eigenvalue weighted by molar-refractivity contribution is 0.0947. The van der Waals surface area contributed by atoms with Crippen molar-refractivity contribution in [3.63, 3.8) is 0 Å². The minimum Gasteiger partial charge on any atom is -0.497 e. The Morgan fingerprint density at radius 3 is 2.41 bits per heavy atom. The Bertz CT molecular complexity index is 801. The maximum Gasteiger partial charge on any atom is 0.270 e. The molecule has 0 radical (unpaired) electrons. The Hall–Kier alpha value is -2.83. The summed E-state index contributed by atoms with van der Waals surface area (Å²) in [6.45, 7) is 8.12. The van der Waals surface area contributed by atoms with Crippen LogP contribution in [0.4, 0.5) is 11.6 Å². The third-order valence-electron chi connectivity index (χ3n) is 5.14. The highest BCUT2D eigenvalue weighted by atomic mass is 16.5. The van der Waals surface area contributed by atoms with E-state index in [-0.39, 0.29) is 5.91 Å². The van der Waals surface area contributed by atoms with Gasteiger partial charge < -0.3 is 19.9 Å². The van der Waals surface area contributed by atoms with Crippen LogP contribution in [-0.2, 0) is 0 Å². The molecular weight excluding hydrogens is 366 g/mol. The summed E-state index contributed by atoms with van der Waals surface area (Å²) in [4.78, 5) is 26.1. The van der Waals surface area contributed by atoms with E-state index in [2.05, 4.69) is 44.1 Å². The van der Waals surface area contributed by atoms with Crippen molar-refractivity contribution in [1.29, 1.82) is 0 Å². The minimum atomic E-state index is -0.121. The number of ether oxygens (including phenoxy) is 1. The van der Waals surface area contributed by atoms with Gasteiger partial charge in [-0.3, -0.25) is 4.79 Å². The summed E-state index contributed by atoms with van der Waals surface area (Å²) in [7, 11) is 1.68. The molecule has 29 heavy (non-hydrogen) atoms. The molecule has 0 unspecified atom stereocenters. The standard InChI is InChI=1S/C22H31N5O2/c1-4-5-6-11-23-21(28)20-16-17(2)24-22(25-20)27-14-12-26(13-15-27)18-7-9-19(29-3)10-8-18/h7-10,16H,4-6,11-15H2,1-3H3,(H,23,28). The normalized spacial score (nSPS) is 14.0. The molecule has 1 aromatic heterocycles. The maximum atomic E-state index is 12.4. The number of unbranched alkanes of at least 4 members (excludes halogenated alkanes) is 2. The van der Waals surface area contributed by atoms with Crippen LogP contribution in [0, 0.1) is 6.92 Å². The van der Waals surface area contributed by atoms with Gasteiger partial charge >= 0.3 is 0 Å². The minimum absolute atomic E-state index is 0.121. The van der Waals surface area contributed by atoms with Crippen molar-refractivity contribution in [3.8, 4) is 5.75 Å². The van der Waals surface area contributed by atoms with E-state index in [0.29, 0.717) is 18.2 Å². The molecule has 2 heterocycles. The van der Waals surface area contributed by atoms with Crippen molar-refractivity contribution in [2.24, 2.45) is 0 Å². The number of amides is 1. The van der Waals surface area contributed by atoms with Gasteiger partial charge in [0.25, 0.3) is 5.91 Å². The average Bonchev–Trinajstić information content (AvgIpc) is 2.76. The number of carbonyl (C=O) groups excluding carboxylic acids is 1. The number of hydrogen-bond acceptors (Lipinski definition) is 6. The third kappa shape index (κ3) is 5.59. The summed E-state index contributed by atoms with van der Waals surface area (Å²) in [5.74, 6) is 1.38. The van der Waals surface area contributed by atoms with E-state index >= 15 is 0 Å². The largest absolute Gasteiger partial charge is 0.497 e. The van der Waals surface area contributed by atoms with E-state index in [4.69, 9.17) is 4.74 Å². The number of aromatic nitrogens is 2. The van der Waals surface area contributed by atoms with Gasteiger partial charge in [-0.2, -0.15) is 0 Å². The summed E-state index contributed by atoms with van der Waals surface area (Å²) in [5, 5.41) is 2.96. The predicted molar refractivity (Wildman–Crippen MR) is 116 cm³/mol. The van der Waals surface area contributed by atoms with E-state index in [1.54, 1.807) is 13.2 Å². The van der Waals surface area contributed by atoms with Crippen LogP contribution in [0.25, 0.3) is 0 Å². The van der Waals surface area contributed by atoms with Crippen molar-refractivity contribution < 1.29 is 9.53 Å². The monoisotopic (exact) mass is 397 g/mol. The molecule has 1 aliphatic heterocycles. The zero-order valence-corrected chi connectivity index (χ0v) is 17.6. The Morgan fingerprint density at radius 1 is 1.07 bits per heavy atom. The molecule has 0 aliphatic carbocycles. The van der Waals surface area contributed by atoms with Gasteiger partial charge in [-0.25, -0.2) is 9.97 Å². The van der Waals surface area contributed by atoms with Crippen LogP contribution in [0.3, 0.4) is 0 Å². The number of piperazine rings is 1. The zero-order valence-electron chi connectivity index (χ0n) is 17.6. The highest BCUT2D eigenvalue weighted by molar-refractivity contribution is 5.92. The van der Waals surface area contributed by atoms with Crippen LogP contribution in [0.5, 0.6) is 5.75 Å². The molecule has 0 saturated carbocycles. The molecule has 7 heteroatoms. The van der Waals surface area contributed by atoms with Gasteiger partial charge in [0.1, 0.15) is 11.4 Å². The summed E-state index contributed by atoms with van der Waals surface area (Å²) >= 11 is 0. The van der Waals surface area contributed by atoms with E-state index in [1.807, 2.05) is 19.1 Å². The van der Waals surface area contributed by atoms with E-state index in [0.717, 1.165) is 56.9 Å². The second-order valence-electron chi connectivity index (χ2n) is 7.33. The van der Waals surface area contributed by atoms with Gasteiger partial charge in [-0.1, -0.05) is 19.8 Å². The van der Waals surface area contributed by atoms with Gasteiger partial charge in [-0.05, 0) is 43.7 Å². The van der Waals surface area contributed by atoms with E-state index in [1.165, 1.54) is 5.69 Å². The highest BCUT2D eigenvalue weighted by Crippen LogP contribution is 2.22. The van der Waals surface area contributed by atoms with Gasteiger partial charge in [0.2, 0.25) is 5.95 Å². The van der Waals surface area contributed by atoms with Crippen LogP contribution in [0.15, 0.2) is 30.3 Å². The first kappa shape index (κ1) is 20.9. The quantitative estimate of drug-likeness (QED) is 0.691.